The van der Waals surface area contributed by atoms with Crippen LogP contribution >= 0.6 is 8.25 Å². The Kier molecular flexibility index (Phi) is 14.6. The second-order valence-electron chi connectivity index (χ2n) is 0.815. The Balaban J connectivity index is -0.000000245. The molecule has 10 heavy (non-hydrogen) atoms. The van der Waals surface area contributed by atoms with Crippen molar-refractivity contribution < 1.29 is 57.6 Å². The fourth-order valence-electron chi connectivity index (χ4n) is 0.0913. The molecular formula is CaNaO6PSi. The van der Waals surface area contributed by atoms with Gasteiger partial charge in [0.25, 0.3) is 0 Å². The molecule has 0 aromatic rings. The molecule has 1 atom stereocenters. The zero-order chi connectivity index (χ0) is 6.78. The maximum Gasteiger partial charge on any atom is 2.00 e. The van der Waals surface area contributed by atoms with Crippen LogP contribution in [0.4, 0.5) is 0 Å². The summed E-state index contributed by atoms with van der Waals surface area (Å²) < 4.78 is 12.1. The van der Waals surface area contributed by atoms with Gasteiger partial charge in [0.1, 0.15) is 0 Å². The van der Waals surface area contributed by atoms with Crippen LogP contribution in [0.5, 0.6) is 0 Å². The summed E-state index contributed by atoms with van der Waals surface area (Å²) in [6.45, 7) is 0. The molecule has 1 unspecified atom stereocenters. The molecule has 0 N–H and O–H groups in total. The Hall–Kier alpha value is 2.38. The molecular weight excluding hydrogens is 218 g/mol. The van der Waals surface area contributed by atoms with Crippen LogP contribution in [0.3, 0.4) is 0 Å². The van der Waals surface area contributed by atoms with E-state index in [0.717, 1.165) is 0 Å². The van der Waals surface area contributed by atoms with Gasteiger partial charge in [-0.1, -0.05) is 0 Å². The van der Waals surface area contributed by atoms with Crippen molar-refractivity contribution in [2.24, 2.45) is 0 Å². The second-order valence-corrected chi connectivity index (χ2v) is 2.99. The number of rotatable bonds is 2. The van der Waals surface area contributed by atoms with Gasteiger partial charge in [-0.15, -0.1) is 0 Å². The Morgan fingerprint density at radius 2 is 1.60 bits per heavy atom. The molecule has 0 spiro atoms. The summed E-state index contributed by atoms with van der Waals surface area (Å²) in [5, 5.41) is 0. The van der Waals surface area contributed by atoms with Gasteiger partial charge in [0.2, 0.25) is 0 Å². The van der Waals surface area contributed by atoms with Crippen LogP contribution < -0.4 is 48.8 Å². The quantitative estimate of drug-likeness (QED) is 0.335. The van der Waals surface area contributed by atoms with Crippen molar-refractivity contribution in [1.29, 1.82) is 0 Å². The zero-order valence-electron chi connectivity index (χ0n) is 5.10. The van der Waals surface area contributed by atoms with Crippen LogP contribution in [-0.2, 0) is 8.78 Å². The van der Waals surface area contributed by atoms with Gasteiger partial charge in [0, 0.05) is 0 Å². The van der Waals surface area contributed by atoms with Gasteiger partial charge >= 0.3 is 75.6 Å². The minimum atomic E-state index is -5.57. The molecule has 0 aliphatic heterocycles. The molecule has 0 heterocycles. The fourth-order valence-corrected chi connectivity index (χ4v) is 0.822. The minimum Gasteiger partial charge on any atom is -0.857 e. The van der Waals surface area contributed by atoms with E-state index in [2.05, 4.69) is 4.21 Å². The Labute approximate surface area is 111 Å². The van der Waals surface area contributed by atoms with Gasteiger partial charge in [-0.3, -0.25) is 4.21 Å². The summed E-state index contributed by atoms with van der Waals surface area (Å²) in [7, 11) is -9.13. The van der Waals surface area contributed by atoms with E-state index in [1.807, 2.05) is 0 Å². The molecule has 0 saturated heterocycles. The fraction of sp³-hybridized carbons (Fsp3) is 0. The van der Waals surface area contributed by atoms with E-state index >= 15 is 0 Å². The molecule has 48 valence electrons. The van der Waals surface area contributed by atoms with E-state index in [-0.39, 0.29) is 67.3 Å². The van der Waals surface area contributed by atoms with E-state index in [1.54, 1.807) is 0 Å². The summed E-state index contributed by atoms with van der Waals surface area (Å²) in [4.78, 5) is 37.3. The Morgan fingerprint density at radius 1 is 1.30 bits per heavy atom. The van der Waals surface area contributed by atoms with Gasteiger partial charge in [0.15, 0.2) is 0 Å². The smallest absolute Gasteiger partial charge is 0.857 e. The van der Waals surface area contributed by atoms with E-state index in [9.17, 15) is 23.8 Å². The van der Waals surface area contributed by atoms with Gasteiger partial charge < -0.3 is 19.3 Å². The van der Waals surface area contributed by atoms with Crippen molar-refractivity contribution in [2.45, 2.75) is 0 Å². The molecule has 0 aromatic heterocycles. The van der Waals surface area contributed by atoms with Crippen LogP contribution in [0.15, 0.2) is 0 Å². The topological polar surface area (TPSA) is 119 Å². The van der Waals surface area contributed by atoms with Crippen molar-refractivity contribution in [3.63, 3.8) is 0 Å². The van der Waals surface area contributed by atoms with Gasteiger partial charge in [-0.25, -0.2) is 0 Å². The van der Waals surface area contributed by atoms with Crippen molar-refractivity contribution in [3.05, 3.63) is 0 Å². The molecule has 0 saturated carbocycles. The average Bonchev–Trinajstić information content (AvgIpc) is 1.21. The van der Waals surface area contributed by atoms with E-state index in [1.165, 1.54) is 0 Å². The first kappa shape index (κ1) is 18.2. The SMILES string of the molecule is O=[P+]([O-])O[Si]([O-])([O-])[O-].[Ca+2].[Na+]. The van der Waals surface area contributed by atoms with Crippen LogP contribution in [0, 0.1) is 0 Å². The van der Waals surface area contributed by atoms with Crippen molar-refractivity contribution >= 4 is 55.0 Å². The zero-order valence-corrected chi connectivity index (χ0v) is 11.2. The summed E-state index contributed by atoms with van der Waals surface area (Å²) in [5.41, 5.74) is 0. The normalized spacial score (nSPS) is 11.0. The second kappa shape index (κ2) is 8.00. The Bertz CT molecular complexity index is 100. The van der Waals surface area contributed by atoms with E-state index in [0.29, 0.717) is 0 Å². The molecule has 0 aromatic carbocycles. The molecule has 0 aliphatic carbocycles. The molecule has 6 nitrogen and oxygen atoms in total. The minimum absolute atomic E-state index is 0. The number of hydrogen-bond donors (Lipinski definition) is 0. The molecule has 0 radical (unpaired) electrons. The third kappa shape index (κ3) is 16.8. The predicted octanol–water partition coefficient (Wildman–Crippen LogP) is -7.84. The van der Waals surface area contributed by atoms with Crippen LogP contribution in [-0.4, -0.2) is 46.8 Å². The molecule has 0 rings (SSSR count). The van der Waals surface area contributed by atoms with Gasteiger partial charge in [-0.05, 0) is 13.6 Å². The van der Waals surface area contributed by atoms with Crippen LogP contribution in [0.25, 0.3) is 0 Å². The van der Waals surface area contributed by atoms with E-state index in [4.69, 9.17) is 0 Å². The van der Waals surface area contributed by atoms with E-state index < -0.39 is 17.3 Å². The molecule has 10 heteroatoms. The average molecular weight is 218 g/mol. The first-order valence-corrected chi connectivity index (χ1v) is 4.09. The monoisotopic (exact) mass is 218 g/mol. The van der Waals surface area contributed by atoms with Crippen molar-refractivity contribution in [3.8, 4) is 0 Å². The van der Waals surface area contributed by atoms with Crippen molar-refractivity contribution in [2.75, 3.05) is 0 Å². The largest absolute Gasteiger partial charge is 2.00 e. The maximum atomic E-state index is 9.34. The first-order chi connectivity index (χ1) is 3.42. The molecule has 0 aliphatic rings. The Morgan fingerprint density at radius 3 is 1.60 bits per heavy atom. The third-order valence-electron chi connectivity index (χ3n) is 0.186. The van der Waals surface area contributed by atoms with Crippen molar-refractivity contribution in [1.82, 2.24) is 0 Å². The summed E-state index contributed by atoms with van der Waals surface area (Å²) >= 11 is 0. The summed E-state index contributed by atoms with van der Waals surface area (Å²) in [5.74, 6) is 0. The van der Waals surface area contributed by atoms with Gasteiger partial charge in [-0.2, -0.15) is 0 Å². The van der Waals surface area contributed by atoms with Crippen LogP contribution in [0.2, 0.25) is 0 Å². The molecule has 0 amide bonds. The standard InChI is InChI=1S/Ca.Na.O6PSi/c;;1-7(2)6-8(3,4)5/q+2;+1;-3. The summed E-state index contributed by atoms with van der Waals surface area (Å²) in [6, 6.07) is 0. The number of hydrogen-bond acceptors (Lipinski definition) is 6. The third-order valence-corrected chi connectivity index (χ3v) is 1.68. The maximum absolute atomic E-state index is 9.34. The predicted molar refractivity (Wildman–Crippen MR) is 20.2 cm³/mol. The molecule has 0 fully saturated rings. The first-order valence-electron chi connectivity index (χ1n) is 1.36. The van der Waals surface area contributed by atoms with Crippen LogP contribution in [0.1, 0.15) is 0 Å². The molecule has 0 bridgehead atoms. The van der Waals surface area contributed by atoms with Gasteiger partial charge in [0.05, 0.1) is 0 Å². The summed E-state index contributed by atoms with van der Waals surface area (Å²) in [6.07, 6.45) is 0.